The lowest BCUT2D eigenvalue weighted by atomic mass is 10.1. The Morgan fingerprint density at radius 3 is 2.35 bits per heavy atom. The molecule has 0 fully saturated rings. The highest BCUT2D eigenvalue weighted by molar-refractivity contribution is 7.89. The van der Waals surface area contributed by atoms with Crippen LogP contribution in [0.15, 0.2) is 53.4 Å². The van der Waals surface area contributed by atoms with Gasteiger partial charge in [-0.3, -0.25) is 0 Å². The Hall–Kier alpha value is -2.58. The molecule has 1 unspecified atom stereocenters. The molecule has 1 N–H and O–H groups in total. The first-order valence-electron chi connectivity index (χ1n) is 7.89. The highest BCUT2D eigenvalue weighted by atomic mass is 32.2. The third-order valence-electron chi connectivity index (χ3n) is 3.59. The maximum absolute atomic E-state index is 12.9. The minimum Gasteiger partial charge on any atom is -0.497 e. The van der Waals surface area contributed by atoms with E-state index in [1.165, 1.54) is 26.4 Å². The van der Waals surface area contributed by atoms with Gasteiger partial charge in [-0.05, 0) is 24.6 Å². The molecule has 0 aliphatic rings. The van der Waals surface area contributed by atoms with Crippen molar-refractivity contribution in [3.63, 3.8) is 0 Å². The third-order valence-corrected chi connectivity index (χ3v) is 5.03. The molecule has 0 heterocycles. The monoisotopic (exact) mass is 379 g/mol. The topological polar surface area (TPSA) is 90.9 Å². The summed E-state index contributed by atoms with van der Waals surface area (Å²) in [7, 11) is -1.31. The van der Waals surface area contributed by atoms with Crippen molar-refractivity contribution in [3.8, 4) is 11.5 Å². The molecule has 7 nitrogen and oxygen atoms in total. The molecule has 1 atom stereocenters. The smallest absolute Gasteiger partial charge is 0.328 e. The molecule has 2 aromatic rings. The lowest BCUT2D eigenvalue weighted by Crippen LogP contribution is -2.35. The zero-order valence-corrected chi connectivity index (χ0v) is 15.6. The zero-order chi connectivity index (χ0) is 19.2. The normalized spacial score (nSPS) is 12.3. The number of sulfonamides is 1. The van der Waals surface area contributed by atoms with E-state index in [1.54, 1.807) is 43.3 Å². The van der Waals surface area contributed by atoms with E-state index in [1.807, 2.05) is 0 Å². The molecular weight excluding hydrogens is 358 g/mol. The fourth-order valence-electron chi connectivity index (χ4n) is 2.34. The lowest BCUT2D eigenvalue weighted by molar-refractivity contribution is -0.145. The van der Waals surface area contributed by atoms with E-state index < -0.39 is 22.0 Å². The quantitative estimate of drug-likeness (QED) is 0.708. The van der Waals surface area contributed by atoms with Crippen LogP contribution in [0.1, 0.15) is 18.5 Å². The van der Waals surface area contributed by atoms with E-state index in [2.05, 4.69) is 4.72 Å². The van der Waals surface area contributed by atoms with Crippen molar-refractivity contribution < 1.29 is 27.4 Å². The van der Waals surface area contributed by atoms with Crippen molar-refractivity contribution in [1.29, 1.82) is 0 Å². The molecule has 0 aliphatic carbocycles. The van der Waals surface area contributed by atoms with Gasteiger partial charge in [0.2, 0.25) is 10.0 Å². The van der Waals surface area contributed by atoms with Crippen LogP contribution in [0.2, 0.25) is 0 Å². The molecule has 0 aliphatic heterocycles. The predicted octanol–water partition coefficient (Wildman–Crippen LogP) is 2.29. The van der Waals surface area contributed by atoms with Gasteiger partial charge in [-0.2, -0.15) is 4.72 Å². The van der Waals surface area contributed by atoms with Crippen molar-refractivity contribution in [3.05, 3.63) is 54.1 Å². The van der Waals surface area contributed by atoms with E-state index in [9.17, 15) is 13.2 Å². The van der Waals surface area contributed by atoms with Crippen LogP contribution in [0.4, 0.5) is 0 Å². The van der Waals surface area contributed by atoms with E-state index >= 15 is 0 Å². The Morgan fingerprint density at radius 2 is 1.77 bits per heavy atom. The van der Waals surface area contributed by atoms with Gasteiger partial charge in [-0.1, -0.05) is 30.3 Å². The minimum atomic E-state index is -4.10. The minimum absolute atomic E-state index is 0.131. The third kappa shape index (κ3) is 4.53. The van der Waals surface area contributed by atoms with Crippen LogP contribution < -0.4 is 14.2 Å². The fraction of sp³-hybridized carbons (Fsp3) is 0.278. The number of carbonyl (C=O) groups excluding carboxylic acids is 1. The summed E-state index contributed by atoms with van der Waals surface area (Å²) in [6, 6.07) is 11.7. The van der Waals surface area contributed by atoms with Gasteiger partial charge in [0.1, 0.15) is 22.4 Å². The fourth-order valence-corrected chi connectivity index (χ4v) is 3.69. The van der Waals surface area contributed by atoms with Crippen molar-refractivity contribution in [2.75, 3.05) is 20.8 Å². The molecule has 2 rings (SSSR count). The molecule has 0 saturated heterocycles. The molecule has 0 bridgehead atoms. The average molecular weight is 379 g/mol. The second-order valence-electron chi connectivity index (χ2n) is 5.23. The first-order chi connectivity index (χ1) is 12.4. The van der Waals surface area contributed by atoms with Crippen LogP contribution in [0.25, 0.3) is 0 Å². The van der Waals surface area contributed by atoms with Gasteiger partial charge < -0.3 is 14.2 Å². The maximum Gasteiger partial charge on any atom is 0.328 e. The number of hydrogen-bond acceptors (Lipinski definition) is 6. The van der Waals surface area contributed by atoms with Gasteiger partial charge in [0.25, 0.3) is 0 Å². The number of ether oxygens (including phenoxy) is 3. The van der Waals surface area contributed by atoms with Gasteiger partial charge in [0.15, 0.2) is 0 Å². The molecule has 0 radical (unpaired) electrons. The first kappa shape index (κ1) is 19.7. The molecule has 0 amide bonds. The molecular formula is C18H21NO6S. The Bertz CT molecular complexity index is 851. The van der Waals surface area contributed by atoms with Crippen molar-refractivity contribution >= 4 is 16.0 Å². The second-order valence-corrected chi connectivity index (χ2v) is 6.92. The molecule has 0 spiro atoms. The lowest BCUT2D eigenvalue weighted by Gasteiger charge is -2.19. The standard InChI is InChI=1S/C18H21NO6S/c1-4-25-18(20)17(13-8-6-5-7-9-13)19-26(21,22)16-12-14(23-2)10-11-15(16)24-3/h5-12,17,19H,4H2,1-3H3. The van der Waals surface area contributed by atoms with E-state index in [0.29, 0.717) is 11.3 Å². The molecule has 140 valence electrons. The van der Waals surface area contributed by atoms with Crippen LogP contribution in [-0.4, -0.2) is 35.2 Å². The van der Waals surface area contributed by atoms with Gasteiger partial charge in [-0.15, -0.1) is 0 Å². The summed E-state index contributed by atoms with van der Waals surface area (Å²) in [6.45, 7) is 1.78. The van der Waals surface area contributed by atoms with Crippen molar-refractivity contribution in [2.24, 2.45) is 0 Å². The van der Waals surface area contributed by atoms with Gasteiger partial charge in [0, 0.05) is 6.07 Å². The van der Waals surface area contributed by atoms with E-state index in [-0.39, 0.29) is 17.3 Å². The summed E-state index contributed by atoms with van der Waals surface area (Å²) in [5, 5.41) is 0. The van der Waals surface area contributed by atoms with Gasteiger partial charge >= 0.3 is 5.97 Å². The van der Waals surface area contributed by atoms with Crippen LogP contribution in [-0.2, 0) is 19.6 Å². The maximum atomic E-state index is 12.9. The average Bonchev–Trinajstić information content (AvgIpc) is 2.66. The molecule has 26 heavy (non-hydrogen) atoms. The molecule has 0 saturated carbocycles. The number of nitrogens with one attached hydrogen (secondary N) is 1. The Morgan fingerprint density at radius 1 is 1.08 bits per heavy atom. The number of hydrogen-bond donors (Lipinski definition) is 1. The highest BCUT2D eigenvalue weighted by Gasteiger charge is 2.30. The van der Waals surface area contributed by atoms with Crippen LogP contribution in [0.3, 0.4) is 0 Å². The number of methoxy groups -OCH3 is 2. The Balaban J connectivity index is 2.45. The first-order valence-corrected chi connectivity index (χ1v) is 9.37. The molecule has 2 aromatic carbocycles. The zero-order valence-electron chi connectivity index (χ0n) is 14.8. The van der Waals surface area contributed by atoms with Crippen LogP contribution in [0, 0.1) is 0 Å². The van der Waals surface area contributed by atoms with E-state index in [0.717, 1.165) is 0 Å². The summed E-state index contributed by atoms with van der Waals surface area (Å²) in [5.74, 6) is -0.211. The SMILES string of the molecule is CCOC(=O)C(NS(=O)(=O)c1cc(OC)ccc1OC)c1ccccc1. The number of benzene rings is 2. The molecule has 8 heteroatoms. The van der Waals surface area contributed by atoms with Crippen LogP contribution in [0.5, 0.6) is 11.5 Å². The van der Waals surface area contributed by atoms with E-state index in [4.69, 9.17) is 14.2 Å². The summed E-state index contributed by atoms with van der Waals surface area (Å²) in [5.41, 5.74) is 0.469. The summed E-state index contributed by atoms with van der Waals surface area (Å²) < 4.78 is 43.5. The number of rotatable bonds is 8. The summed E-state index contributed by atoms with van der Waals surface area (Å²) in [4.78, 5) is 12.2. The Kier molecular flexibility index (Phi) is 6.59. The van der Waals surface area contributed by atoms with Gasteiger partial charge in [-0.25, -0.2) is 13.2 Å². The van der Waals surface area contributed by atoms with Crippen LogP contribution >= 0.6 is 0 Å². The second kappa shape index (κ2) is 8.68. The number of carbonyl (C=O) groups is 1. The summed E-state index contributed by atoms with van der Waals surface area (Å²) in [6.07, 6.45) is 0. The highest BCUT2D eigenvalue weighted by Crippen LogP contribution is 2.29. The Labute approximate surface area is 152 Å². The number of esters is 1. The largest absolute Gasteiger partial charge is 0.497 e. The van der Waals surface area contributed by atoms with Crippen molar-refractivity contribution in [1.82, 2.24) is 4.72 Å². The predicted molar refractivity (Wildman–Crippen MR) is 95.7 cm³/mol. The van der Waals surface area contributed by atoms with Gasteiger partial charge in [0.05, 0.1) is 20.8 Å². The van der Waals surface area contributed by atoms with Crippen molar-refractivity contribution in [2.45, 2.75) is 17.9 Å². The molecule has 0 aromatic heterocycles. The summed E-state index contributed by atoms with van der Waals surface area (Å²) >= 11 is 0.